The van der Waals surface area contributed by atoms with Gasteiger partial charge in [0.15, 0.2) is 5.65 Å². The average Bonchev–Trinajstić information content (AvgIpc) is 2.73. The number of aromatic nitrogens is 4. The van der Waals surface area contributed by atoms with Gasteiger partial charge in [-0.25, -0.2) is 9.78 Å². The molecule has 0 aliphatic heterocycles. The summed E-state index contributed by atoms with van der Waals surface area (Å²) >= 11 is 0. The maximum atomic E-state index is 11.6. The number of aromatic amines is 3. The molecule has 90 valence electrons. The molecule has 0 radical (unpaired) electrons. The first-order chi connectivity index (χ1) is 8.65. The fourth-order valence-electron chi connectivity index (χ4n) is 1.90. The number of fused-ring (bicyclic) bond motifs is 1. The number of nitrogens with one attached hydrogen (secondary N) is 3. The van der Waals surface area contributed by atoms with Crippen LogP contribution in [0.3, 0.4) is 0 Å². The monoisotopic (exact) mass is 242 g/mol. The van der Waals surface area contributed by atoms with E-state index in [1.807, 2.05) is 31.2 Å². The molecular weight excluding hydrogens is 232 g/mol. The Labute approximate surface area is 101 Å². The van der Waals surface area contributed by atoms with E-state index in [9.17, 15) is 9.59 Å². The maximum absolute atomic E-state index is 11.6. The summed E-state index contributed by atoms with van der Waals surface area (Å²) < 4.78 is 0. The molecule has 3 N–H and O–H groups in total. The molecule has 2 heterocycles. The van der Waals surface area contributed by atoms with E-state index in [0.29, 0.717) is 5.82 Å². The molecular formula is C12H10N4O2. The van der Waals surface area contributed by atoms with Crippen molar-refractivity contribution in [2.45, 2.75) is 6.92 Å². The Bertz CT molecular complexity index is 841. The van der Waals surface area contributed by atoms with Crippen molar-refractivity contribution in [3.8, 4) is 11.4 Å². The first-order valence-electron chi connectivity index (χ1n) is 5.43. The molecule has 0 fully saturated rings. The van der Waals surface area contributed by atoms with Crippen LogP contribution in [0.15, 0.2) is 33.9 Å². The highest BCUT2D eigenvalue weighted by Crippen LogP contribution is 2.20. The number of rotatable bonds is 1. The van der Waals surface area contributed by atoms with Crippen molar-refractivity contribution in [1.82, 2.24) is 19.9 Å². The Morgan fingerprint density at radius 2 is 1.83 bits per heavy atom. The van der Waals surface area contributed by atoms with E-state index < -0.39 is 11.2 Å². The zero-order valence-electron chi connectivity index (χ0n) is 9.57. The van der Waals surface area contributed by atoms with Gasteiger partial charge in [0.1, 0.15) is 11.3 Å². The maximum Gasteiger partial charge on any atom is 0.327 e. The van der Waals surface area contributed by atoms with Crippen molar-refractivity contribution in [3.05, 3.63) is 50.7 Å². The van der Waals surface area contributed by atoms with Crippen LogP contribution in [-0.4, -0.2) is 19.9 Å². The Kier molecular flexibility index (Phi) is 2.16. The number of imidazole rings is 1. The molecule has 0 aliphatic carbocycles. The van der Waals surface area contributed by atoms with Crippen molar-refractivity contribution in [1.29, 1.82) is 0 Å². The molecule has 0 bridgehead atoms. The van der Waals surface area contributed by atoms with E-state index in [2.05, 4.69) is 19.9 Å². The van der Waals surface area contributed by atoms with Gasteiger partial charge in [-0.3, -0.25) is 14.8 Å². The Hall–Kier alpha value is -2.63. The van der Waals surface area contributed by atoms with E-state index in [1.54, 1.807) is 0 Å². The van der Waals surface area contributed by atoms with Crippen molar-refractivity contribution >= 4 is 11.2 Å². The van der Waals surface area contributed by atoms with Gasteiger partial charge in [0.25, 0.3) is 5.56 Å². The molecule has 0 saturated carbocycles. The van der Waals surface area contributed by atoms with Crippen LogP contribution in [0.25, 0.3) is 22.6 Å². The van der Waals surface area contributed by atoms with Crippen LogP contribution in [0, 0.1) is 6.92 Å². The molecule has 1 aromatic carbocycles. The van der Waals surface area contributed by atoms with Gasteiger partial charge < -0.3 is 4.98 Å². The zero-order chi connectivity index (χ0) is 12.7. The highest BCUT2D eigenvalue weighted by atomic mass is 16.2. The minimum atomic E-state index is -0.560. The Morgan fingerprint density at radius 1 is 1.06 bits per heavy atom. The van der Waals surface area contributed by atoms with E-state index >= 15 is 0 Å². The molecule has 0 unspecified atom stereocenters. The predicted octanol–water partition coefficient (Wildman–Crippen LogP) is 0.915. The van der Waals surface area contributed by atoms with Gasteiger partial charge >= 0.3 is 5.69 Å². The average molecular weight is 242 g/mol. The van der Waals surface area contributed by atoms with Crippen LogP contribution in [0.5, 0.6) is 0 Å². The number of benzene rings is 1. The summed E-state index contributed by atoms with van der Waals surface area (Å²) in [5, 5.41) is 0. The minimum Gasteiger partial charge on any atom is -0.332 e. The number of hydrogen-bond acceptors (Lipinski definition) is 3. The number of H-pyrrole nitrogens is 3. The lowest BCUT2D eigenvalue weighted by Gasteiger charge is -1.99. The second-order valence-corrected chi connectivity index (χ2v) is 4.03. The lowest BCUT2D eigenvalue weighted by Crippen LogP contribution is -2.21. The molecule has 0 saturated heterocycles. The second kappa shape index (κ2) is 3.69. The highest BCUT2D eigenvalue weighted by molar-refractivity contribution is 5.75. The van der Waals surface area contributed by atoms with Crippen molar-refractivity contribution < 1.29 is 0 Å². The predicted molar refractivity (Wildman–Crippen MR) is 67.5 cm³/mol. The summed E-state index contributed by atoms with van der Waals surface area (Å²) in [7, 11) is 0. The molecule has 3 aromatic rings. The largest absolute Gasteiger partial charge is 0.332 e. The van der Waals surface area contributed by atoms with Gasteiger partial charge in [0.2, 0.25) is 0 Å². The summed E-state index contributed by atoms with van der Waals surface area (Å²) in [6.45, 7) is 1.95. The molecule has 3 rings (SSSR count). The fraction of sp³-hybridized carbons (Fsp3) is 0.0833. The van der Waals surface area contributed by atoms with E-state index in [-0.39, 0.29) is 11.2 Å². The second-order valence-electron chi connectivity index (χ2n) is 4.03. The number of aryl methyl sites for hydroxylation is 1. The van der Waals surface area contributed by atoms with Crippen LogP contribution in [0.4, 0.5) is 0 Å². The zero-order valence-corrected chi connectivity index (χ0v) is 9.57. The Balaban J connectivity index is 2.33. The fourth-order valence-corrected chi connectivity index (χ4v) is 1.90. The molecule has 0 amide bonds. The third-order valence-electron chi connectivity index (χ3n) is 2.79. The lowest BCUT2D eigenvalue weighted by atomic mass is 10.1. The van der Waals surface area contributed by atoms with Gasteiger partial charge in [-0.15, -0.1) is 0 Å². The molecule has 2 aromatic heterocycles. The summed E-state index contributed by atoms with van der Waals surface area (Å²) in [6, 6.07) is 7.67. The molecule has 6 nitrogen and oxygen atoms in total. The molecule has 18 heavy (non-hydrogen) atoms. The van der Waals surface area contributed by atoms with E-state index in [1.165, 1.54) is 0 Å². The van der Waals surface area contributed by atoms with E-state index in [0.717, 1.165) is 11.1 Å². The first-order valence-corrected chi connectivity index (χ1v) is 5.43. The highest BCUT2D eigenvalue weighted by Gasteiger charge is 2.10. The molecule has 0 aliphatic rings. The third-order valence-corrected chi connectivity index (χ3v) is 2.79. The smallest absolute Gasteiger partial charge is 0.327 e. The van der Waals surface area contributed by atoms with Crippen LogP contribution in [0.2, 0.25) is 0 Å². The van der Waals surface area contributed by atoms with Crippen molar-refractivity contribution in [2.24, 2.45) is 0 Å². The minimum absolute atomic E-state index is 0.266. The van der Waals surface area contributed by atoms with Crippen LogP contribution in [0.1, 0.15) is 5.56 Å². The lowest BCUT2D eigenvalue weighted by molar-refractivity contribution is 1.07. The quantitative estimate of drug-likeness (QED) is 0.592. The summed E-state index contributed by atoms with van der Waals surface area (Å²) in [5.74, 6) is 0.565. The third kappa shape index (κ3) is 1.55. The van der Waals surface area contributed by atoms with Crippen molar-refractivity contribution in [2.75, 3.05) is 0 Å². The van der Waals surface area contributed by atoms with E-state index in [4.69, 9.17) is 0 Å². The molecule has 6 heteroatoms. The van der Waals surface area contributed by atoms with Gasteiger partial charge in [-0.2, -0.15) is 0 Å². The van der Waals surface area contributed by atoms with Gasteiger partial charge in [-0.05, 0) is 12.5 Å². The summed E-state index contributed by atoms with van der Waals surface area (Å²) in [6.07, 6.45) is 0. The number of nitrogens with zero attached hydrogens (tertiary/aromatic N) is 1. The van der Waals surface area contributed by atoms with Gasteiger partial charge in [0.05, 0.1) is 0 Å². The van der Waals surface area contributed by atoms with Crippen LogP contribution >= 0.6 is 0 Å². The standard InChI is InChI=1S/C12H10N4O2/c1-6-4-2-3-5-7(6)9-13-8-10(14-9)15-12(18)16-11(8)17/h2-5H,1H3,(H3,13,14,15,16,17,18). The normalized spacial score (nSPS) is 10.9. The SMILES string of the molecule is Cc1ccccc1-c1nc2[nH]c(=O)[nH]c(=O)c2[nH]1. The van der Waals surface area contributed by atoms with Gasteiger partial charge in [-0.1, -0.05) is 24.3 Å². The van der Waals surface area contributed by atoms with Crippen LogP contribution < -0.4 is 11.2 Å². The van der Waals surface area contributed by atoms with Crippen LogP contribution in [-0.2, 0) is 0 Å². The molecule has 0 atom stereocenters. The topological polar surface area (TPSA) is 94.4 Å². The van der Waals surface area contributed by atoms with Gasteiger partial charge in [0, 0.05) is 5.56 Å². The number of hydrogen-bond donors (Lipinski definition) is 3. The molecule has 0 spiro atoms. The van der Waals surface area contributed by atoms with Crippen molar-refractivity contribution in [3.63, 3.8) is 0 Å². The summed E-state index contributed by atoms with van der Waals surface area (Å²) in [4.78, 5) is 34.5. The first kappa shape index (κ1) is 10.5. The summed E-state index contributed by atoms with van der Waals surface area (Å²) in [5.41, 5.74) is 1.44. The Morgan fingerprint density at radius 3 is 2.61 bits per heavy atom.